The van der Waals surface area contributed by atoms with Crippen LogP contribution in [-0.4, -0.2) is 34.4 Å². The molecule has 1 N–H and O–H groups in total. The van der Waals surface area contributed by atoms with E-state index < -0.39 is 17.7 Å². The lowest BCUT2D eigenvalue weighted by molar-refractivity contribution is -0.145. The summed E-state index contributed by atoms with van der Waals surface area (Å²) >= 11 is 5.83. The second kappa shape index (κ2) is 9.36. The Balaban J connectivity index is 1.67. The molecule has 27 heavy (non-hydrogen) atoms. The molecule has 0 aliphatic rings. The molecule has 0 spiro atoms. The predicted molar refractivity (Wildman–Crippen MR) is 98.0 cm³/mol. The molecule has 9 heteroatoms. The van der Waals surface area contributed by atoms with Gasteiger partial charge in [0.2, 0.25) is 5.89 Å². The molecule has 0 saturated carbocycles. The molecule has 0 fully saturated rings. The Kier molecular flexibility index (Phi) is 7.18. The number of nitrogens with zero attached hydrogens (tertiary/aromatic N) is 2. The average Bonchev–Trinajstić information content (AvgIpc) is 3.05. The smallest absolute Gasteiger partial charge is 0.407 e. The fourth-order valence-corrected chi connectivity index (χ4v) is 2.10. The van der Waals surface area contributed by atoms with Gasteiger partial charge in [0.1, 0.15) is 5.60 Å². The van der Waals surface area contributed by atoms with Gasteiger partial charge in [-0.3, -0.25) is 4.79 Å². The van der Waals surface area contributed by atoms with Crippen molar-refractivity contribution in [1.29, 1.82) is 0 Å². The van der Waals surface area contributed by atoms with Gasteiger partial charge in [0.25, 0.3) is 5.89 Å². The molecule has 0 unspecified atom stereocenters. The minimum absolute atomic E-state index is 0.112. The fraction of sp³-hybridized carbons (Fsp3) is 0.444. The number of carbonyl (C=O) groups is 2. The van der Waals surface area contributed by atoms with E-state index >= 15 is 0 Å². The molecule has 1 aromatic heterocycles. The number of esters is 1. The summed E-state index contributed by atoms with van der Waals surface area (Å²) in [6.45, 7) is 5.53. The zero-order chi connectivity index (χ0) is 19.9. The molecule has 0 bridgehead atoms. The maximum atomic E-state index is 11.7. The van der Waals surface area contributed by atoms with Gasteiger partial charge in [0.05, 0.1) is 0 Å². The van der Waals surface area contributed by atoms with Crippen LogP contribution in [0.3, 0.4) is 0 Å². The Morgan fingerprint density at radius 1 is 1.19 bits per heavy atom. The second-order valence-electron chi connectivity index (χ2n) is 6.70. The largest absolute Gasteiger partial charge is 0.456 e. The van der Waals surface area contributed by atoms with Crippen LogP contribution >= 0.6 is 11.6 Å². The minimum atomic E-state index is -0.558. The topological polar surface area (TPSA) is 104 Å². The second-order valence-corrected chi connectivity index (χ2v) is 7.14. The number of amides is 1. The number of aromatic nitrogens is 2. The third-order valence-corrected chi connectivity index (χ3v) is 3.39. The van der Waals surface area contributed by atoms with E-state index in [1.165, 1.54) is 0 Å². The molecule has 1 heterocycles. The monoisotopic (exact) mass is 395 g/mol. The van der Waals surface area contributed by atoms with Crippen molar-refractivity contribution in [3.05, 3.63) is 35.2 Å². The standard InChI is InChI=1S/C18H22ClN3O5/c1-18(2,3)27-17(24)20-10-4-5-15(23)25-11-14-21-22-16(26-14)12-6-8-13(19)9-7-12/h6-9H,4-5,10-11H2,1-3H3,(H,20,24). The molecule has 0 radical (unpaired) electrons. The van der Waals surface area contributed by atoms with Crippen LogP contribution in [0.1, 0.15) is 39.5 Å². The van der Waals surface area contributed by atoms with E-state index in [0.29, 0.717) is 23.9 Å². The zero-order valence-corrected chi connectivity index (χ0v) is 16.2. The predicted octanol–water partition coefficient (Wildman–Crippen LogP) is 3.74. The van der Waals surface area contributed by atoms with E-state index in [0.717, 1.165) is 5.56 Å². The number of rotatable bonds is 7. The van der Waals surface area contributed by atoms with Crippen molar-refractivity contribution in [3.63, 3.8) is 0 Å². The van der Waals surface area contributed by atoms with Crippen LogP contribution in [0, 0.1) is 0 Å². The van der Waals surface area contributed by atoms with Crippen molar-refractivity contribution in [2.24, 2.45) is 0 Å². The van der Waals surface area contributed by atoms with Crippen molar-refractivity contribution >= 4 is 23.7 Å². The molecule has 8 nitrogen and oxygen atoms in total. The van der Waals surface area contributed by atoms with Crippen LogP contribution < -0.4 is 5.32 Å². The van der Waals surface area contributed by atoms with Crippen molar-refractivity contribution in [1.82, 2.24) is 15.5 Å². The van der Waals surface area contributed by atoms with Gasteiger partial charge in [-0.1, -0.05) is 11.6 Å². The maximum absolute atomic E-state index is 11.7. The Morgan fingerprint density at radius 3 is 2.56 bits per heavy atom. The summed E-state index contributed by atoms with van der Waals surface area (Å²) in [6, 6.07) is 6.94. The van der Waals surface area contributed by atoms with Crippen LogP contribution in [0.25, 0.3) is 11.5 Å². The maximum Gasteiger partial charge on any atom is 0.407 e. The van der Waals surface area contributed by atoms with Gasteiger partial charge in [-0.2, -0.15) is 0 Å². The molecular weight excluding hydrogens is 374 g/mol. The first-order valence-corrected chi connectivity index (χ1v) is 8.81. The highest BCUT2D eigenvalue weighted by Crippen LogP contribution is 2.20. The van der Waals surface area contributed by atoms with Crippen molar-refractivity contribution in [2.45, 2.75) is 45.8 Å². The van der Waals surface area contributed by atoms with E-state index in [4.69, 9.17) is 25.5 Å². The Bertz CT molecular complexity index is 768. The molecule has 146 valence electrons. The molecule has 2 rings (SSSR count). The molecule has 2 aromatic rings. The van der Waals surface area contributed by atoms with Gasteiger partial charge in [0, 0.05) is 23.6 Å². The quantitative estimate of drug-likeness (QED) is 0.562. The van der Waals surface area contributed by atoms with Gasteiger partial charge in [0.15, 0.2) is 6.61 Å². The molecule has 0 aliphatic carbocycles. The van der Waals surface area contributed by atoms with Gasteiger partial charge in [-0.05, 0) is 51.5 Å². The first-order valence-electron chi connectivity index (χ1n) is 8.44. The van der Waals surface area contributed by atoms with Gasteiger partial charge >= 0.3 is 12.1 Å². The molecule has 1 amide bonds. The summed E-state index contributed by atoms with van der Waals surface area (Å²) in [5.74, 6) is 0.0895. The lowest BCUT2D eigenvalue weighted by Crippen LogP contribution is -2.33. The van der Waals surface area contributed by atoms with E-state index in [9.17, 15) is 9.59 Å². The number of alkyl carbamates (subject to hydrolysis) is 1. The highest BCUT2D eigenvalue weighted by molar-refractivity contribution is 6.30. The van der Waals surface area contributed by atoms with Gasteiger partial charge < -0.3 is 19.2 Å². The van der Waals surface area contributed by atoms with Gasteiger partial charge in [-0.25, -0.2) is 4.79 Å². The molecule has 0 aliphatic heterocycles. The summed E-state index contributed by atoms with van der Waals surface area (Å²) in [6.07, 6.45) is 0.0581. The Labute approximate surface area is 162 Å². The lowest BCUT2D eigenvalue weighted by Gasteiger charge is -2.19. The number of hydrogen-bond donors (Lipinski definition) is 1. The van der Waals surface area contributed by atoms with Crippen LogP contribution in [0.5, 0.6) is 0 Å². The summed E-state index contributed by atoms with van der Waals surface area (Å²) in [4.78, 5) is 23.2. The van der Waals surface area contributed by atoms with Crippen LogP contribution in [0.2, 0.25) is 5.02 Å². The number of ether oxygens (including phenoxy) is 2. The van der Waals surface area contributed by atoms with Crippen LogP contribution in [-0.2, 0) is 20.9 Å². The third kappa shape index (κ3) is 7.65. The fourth-order valence-electron chi connectivity index (χ4n) is 1.97. The summed E-state index contributed by atoms with van der Waals surface area (Å²) < 4.78 is 15.6. The number of carbonyl (C=O) groups excluding carboxylic acids is 2. The first-order chi connectivity index (χ1) is 12.7. The summed E-state index contributed by atoms with van der Waals surface area (Å²) in [5, 5.41) is 10.9. The summed E-state index contributed by atoms with van der Waals surface area (Å²) in [7, 11) is 0. The molecular formula is C18H22ClN3O5. The van der Waals surface area contributed by atoms with E-state index in [1.807, 2.05) is 0 Å². The van der Waals surface area contributed by atoms with Crippen LogP contribution in [0.4, 0.5) is 4.79 Å². The van der Waals surface area contributed by atoms with Crippen molar-refractivity contribution in [2.75, 3.05) is 6.54 Å². The van der Waals surface area contributed by atoms with Crippen LogP contribution in [0.15, 0.2) is 28.7 Å². The third-order valence-electron chi connectivity index (χ3n) is 3.14. The summed E-state index contributed by atoms with van der Waals surface area (Å²) in [5.41, 5.74) is 0.163. The van der Waals surface area contributed by atoms with Crippen molar-refractivity contribution < 1.29 is 23.5 Å². The minimum Gasteiger partial charge on any atom is -0.456 e. The number of benzene rings is 1. The zero-order valence-electron chi connectivity index (χ0n) is 15.5. The lowest BCUT2D eigenvalue weighted by atomic mass is 10.2. The number of hydrogen-bond acceptors (Lipinski definition) is 7. The van der Waals surface area contributed by atoms with E-state index in [-0.39, 0.29) is 18.9 Å². The average molecular weight is 396 g/mol. The highest BCUT2D eigenvalue weighted by Gasteiger charge is 2.16. The molecule has 0 saturated heterocycles. The normalized spacial score (nSPS) is 11.1. The Hall–Kier alpha value is -2.61. The highest BCUT2D eigenvalue weighted by atomic mass is 35.5. The van der Waals surface area contributed by atoms with E-state index in [2.05, 4.69) is 15.5 Å². The number of halogens is 1. The first kappa shape index (κ1) is 20.7. The number of nitrogens with one attached hydrogen (secondary N) is 1. The SMILES string of the molecule is CC(C)(C)OC(=O)NCCCC(=O)OCc1nnc(-c2ccc(Cl)cc2)o1. The van der Waals surface area contributed by atoms with E-state index in [1.54, 1.807) is 45.0 Å². The van der Waals surface area contributed by atoms with Gasteiger partial charge in [-0.15, -0.1) is 10.2 Å². The Morgan fingerprint density at radius 2 is 1.89 bits per heavy atom. The molecule has 1 aromatic carbocycles. The molecule has 0 atom stereocenters. The van der Waals surface area contributed by atoms with Crippen molar-refractivity contribution in [3.8, 4) is 11.5 Å².